The van der Waals surface area contributed by atoms with E-state index in [0.717, 1.165) is 57.1 Å². The molecule has 0 saturated carbocycles. The van der Waals surface area contributed by atoms with Gasteiger partial charge < -0.3 is 19.9 Å². The van der Waals surface area contributed by atoms with Crippen LogP contribution in [0.25, 0.3) is 0 Å². The summed E-state index contributed by atoms with van der Waals surface area (Å²) in [5.74, 6) is 1.03. The van der Waals surface area contributed by atoms with Gasteiger partial charge in [0.15, 0.2) is 0 Å². The second-order valence-electron chi connectivity index (χ2n) is 6.44. The Morgan fingerprint density at radius 1 is 1.21 bits per heavy atom. The second kappa shape index (κ2) is 9.49. The highest BCUT2D eigenvalue weighted by atomic mass is 16.5. The summed E-state index contributed by atoms with van der Waals surface area (Å²) in [5, 5.41) is 3.01. The smallest absolute Gasteiger partial charge is 0.234 e. The number of carbonyl (C=O) groups is 1. The number of amides is 1. The maximum absolute atomic E-state index is 12.0. The number of hydrogen-bond donors (Lipinski definition) is 1. The van der Waals surface area contributed by atoms with Crippen LogP contribution in [0.3, 0.4) is 0 Å². The summed E-state index contributed by atoms with van der Waals surface area (Å²) in [7, 11) is 5.79. The number of para-hydroxylation sites is 2. The molecule has 0 aromatic heterocycles. The Bertz CT molecular complexity index is 513. The zero-order valence-corrected chi connectivity index (χ0v) is 15.1. The van der Waals surface area contributed by atoms with Crippen molar-refractivity contribution in [3.63, 3.8) is 0 Å². The van der Waals surface area contributed by atoms with Crippen LogP contribution in [0.4, 0.5) is 5.69 Å². The zero-order chi connectivity index (χ0) is 17.4. The first kappa shape index (κ1) is 18.5. The molecule has 6 heteroatoms. The number of carbonyl (C=O) groups excluding carboxylic acids is 1. The Morgan fingerprint density at radius 3 is 2.58 bits per heavy atom. The van der Waals surface area contributed by atoms with Crippen molar-refractivity contribution in [2.75, 3.05) is 71.9 Å². The molecular weight excluding hydrogens is 304 g/mol. The van der Waals surface area contributed by atoms with Gasteiger partial charge in [-0.25, -0.2) is 0 Å². The molecule has 0 spiro atoms. The minimum Gasteiger partial charge on any atom is -0.495 e. The summed E-state index contributed by atoms with van der Waals surface area (Å²) in [6.45, 7) is 5.84. The number of piperazine rings is 1. The molecular formula is C18H30N4O2. The SMILES string of the molecule is COc1ccccc1N1CCN(CC(=O)NCCCN(C)C)CC1. The van der Waals surface area contributed by atoms with E-state index in [2.05, 4.69) is 26.1 Å². The number of nitrogens with zero attached hydrogens (tertiary/aromatic N) is 3. The zero-order valence-electron chi connectivity index (χ0n) is 15.1. The third-order valence-electron chi connectivity index (χ3n) is 4.27. The number of methoxy groups -OCH3 is 1. The Labute approximate surface area is 145 Å². The molecule has 0 atom stereocenters. The van der Waals surface area contributed by atoms with E-state index in [1.165, 1.54) is 0 Å². The summed E-state index contributed by atoms with van der Waals surface area (Å²) in [4.78, 5) is 18.7. The lowest BCUT2D eigenvalue weighted by atomic mass is 10.2. The highest BCUT2D eigenvalue weighted by Gasteiger charge is 2.20. The third-order valence-corrected chi connectivity index (χ3v) is 4.27. The standard InChI is InChI=1S/C18H30N4O2/c1-20(2)10-6-9-19-18(23)15-21-11-13-22(14-12-21)16-7-4-5-8-17(16)24-3/h4-5,7-8H,6,9-15H2,1-3H3,(H,19,23). The lowest BCUT2D eigenvalue weighted by Crippen LogP contribution is -2.49. The molecule has 2 rings (SSSR count). The van der Waals surface area contributed by atoms with Gasteiger partial charge in [0.05, 0.1) is 19.3 Å². The first-order chi connectivity index (χ1) is 11.6. The molecule has 0 radical (unpaired) electrons. The quantitative estimate of drug-likeness (QED) is 0.716. The first-order valence-corrected chi connectivity index (χ1v) is 8.62. The Hall–Kier alpha value is -1.79. The van der Waals surface area contributed by atoms with Crippen LogP contribution in [0.5, 0.6) is 5.75 Å². The van der Waals surface area contributed by atoms with E-state index in [1.807, 2.05) is 32.3 Å². The van der Waals surface area contributed by atoms with E-state index in [9.17, 15) is 4.79 Å². The van der Waals surface area contributed by atoms with Crippen LogP contribution in [0.2, 0.25) is 0 Å². The number of nitrogens with one attached hydrogen (secondary N) is 1. The van der Waals surface area contributed by atoms with Gasteiger partial charge in [0.25, 0.3) is 0 Å². The van der Waals surface area contributed by atoms with E-state index < -0.39 is 0 Å². The number of rotatable bonds is 8. The van der Waals surface area contributed by atoms with Crippen molar-refractivity contribution >= 4 is 11.6 Å². The molecule has 0 aliphatic carbocycles. The van der Waals surface area contributed by atoms with Crippen LogP contribution in [-0.2, 0) is 4.79 Å². The topological polar surface area (TPSA) is 48.1 Å². The van der Waals surface area contributed by atoms with Crippen LogP contribution < -0.4 is 15.0 Å². The van der Waals surface area contributed by atoms with Crippen molar-refractivity contribution < 1.29 is 9.53 Å². The van der Waals surface area contributed by atoms with Crippen molar-refractivity contribution in [1.29, 1.82) is 0 Å². The van der Waals surface area contributed by atoms with E-state index in [-0.39, 0.29) is 5.91 Å². The molecule has 0 unspecified atom stereocenters. The van der Waals surface area contributed by atoms with Gasteiger partial charge in [-0.1, -0.05) is 12.1 Å². The fraction of sp³-hybridized carbons (Fsp3) is 0.611. The number of benzene rings is 1. The molecule has 6 nitrogen and oxygen atoms in total. The molecule has 134 valence electrons. The predicted octanol–water partition coefficient (Wildman–Crippen LogP) is 0.885. The van der Waals surface area contributed by atoms with E-state index in [0.29, 0.717) is 6.54 Å². The van der Waals surface area contributed by atoms with Gasteiger partial charge >= 0.3 is 0 Å². The summed E-state index contributed by atoms with van der Waals surface area (Å²) >= 11 is 0. The summed E-state index contributed by atoms with van der Waals surface area (Å²) in [5.41, 5.74) is 1.13. The minimum atomic E-state index is 0.125. The molecule has 1 aliphatic heterocycles. The Morgan fingerprint density at radius 2 is 1.92 bits per heavy atom. The molecule has 1 aromatic rings. The van der Waals surface area contributed by atoms with Crippen molar-refractivity contribution in [1.82, 2.24) is 15.1 Å². The highest BCUT2D eigenvalue weighted by Crippen LogP contribution is 2.28. The van der Waals surface area contributed by atoms with Gasteiger partial charge in [0, 0.05) is 32.7 Å². The number of ether oxygens (including phenoxy) is 1. The van der Waals surface area contributed by atoms with Crippen molar-refractivity contribution in [3.8, 4) is 5.75 Å². The van der Waals surface area contributed by atoms with Crippen LogP contribution in [0.15, 0.2) is 24.3 Å². The molecule has 1 fully saturated rings. The predicted molar refractivity (Wildman–Crippen MR) is 97.8 cm³/mol. The van der Waals surface area contributed by atoms with Gasteiger partial charge in [-0.2, -0.15) is 0 Å². The molecule has 1 aromatic carbocycles. The molecule has 24 heavy (non-hydrogen) atoms. The van der Waals surface area contributed by atoms with Crippen molar-refractivity contribution in [3.05, 3.63) is 24.3 Å². The van der Waals surface area contributed by atoms with Gasteiger partial charge in [-0.05, 0) is 39.2 Å². The maximum Gasteiger partial charge on any atom is 0.234 e. The summed E-state index contributed by atoms with van der Waals surface area (Å²) in [6.07, 6.45) is 0.986. The van der Waals surface area contributed by atoms with Crippen LogP contribution in [0.1, 0.15) is 6.42 Å². The maximum atomic E-state index is 12.0. The monoisotopic (exact) mass is 334 g/mol. The Balaban J connectivity index is 1.72. The van der Waals surface area contributed by atoms with Gasteiger partial charge in [-0.15, -0.1) is 0 Å². The minimum absolute atomic E-state index is 0.125. The van der Waals surface area contributed by atoms with Gasteiger partial charge in [0.1, 0.15) is 5.75 Å². The number of hydrogen-bond acceptors (Lipinski definition) is 5. The number of anilines is 1. The average Bonchev–Trinajstić information content (AvgIpc) is 2.59. The second-order valence-corrected chi connectivity index (χ2v) is 6.44. The van der Waals surface area contributed by atoms with Crippen molar-refractivity contribution in [2.24, 2.45) is 0 Å². The normalized spacial score (nSPS) is 15.6. The fourth-order valence-corrected chi connectivity index (χ4v) is 2.92. The fourth-order valence-electron chi connectivity index (χ4n) is 2.92. The third kappa shape index (κ3) is 5.69. The lowest BCUT2D eigenvalue weighted by Gasteiger charge is -2.36. The van der Waals surface area contributed by atoms with Gasteiger partial charge in [-0.3, -0.25) is 9.69 Å². The summed E-state index contributed by atoms with van der Waals surface area (Å²) < 4.78 is 5.44. The summed E-state index contributed by atoms with van der Waals surface area (Å²) in [6, 6.07) is 8.10. The molecule has 0 bridgehead atoms. The molecule has 1 aliphatic rings. The first-order valence-electron chi connectivity index (χ1n) is 8.62. The van der Waals surface area contributed by atoms with Crippen LogP contribution >= 0.6 is 0 Å². The van der Waals surface area contributed by atoms with E-state index in [1.54, 1.807) is 7.11 Å². The highest BCUT2D eigenvalue weighted by molar-refractivity contribution is 5.78. The molecule has 1 amide bonds. The van der Waals surface area contributed by atoms with E-state index >= 15 is 0 Å². The lowest BCUT2D eigenvalue weighted by molar-refractivity contribution is -0.122. The van der Waals surface area contributed by atoms with Crippen molar-refractivity contribution in [2.45, 2.75) is 6.42 Å². The Kier molecular flexibility index (Phi) is 7.34. The molecule has 1 heterocycles. The molecule has 1 saturated heterocycles. The van der Waals surface area contributed by atoms with E-state index in [4.69, 9.17) is 4.74 Å². The molecule has 1 N–H and O–H groups in total. The average molecular weight is 334 g/mol. The van der Waals surface area contributed by atoms with Crippen LogP contribution in [-0.4, -0.2) is 82.7 Å². The van der Waals surface area contributed by atoms with Gasteiger partial charge in [0.2, 0.25) is 5.91 Å². The van der Waals surface area contributed by atoms with Crippen LogP contribution in [0, 0.1) is 0 Å². The largest absolute Gasteiger partial charge is 0.495 e.